The van der Waals surface area contributed by atoms with Gasteiger partial charge in [-0.3, -0.25) is 9.59 Å². The molecule has 0 atom stereocenters. The Labute approximate surface area is 248 Å². The van der Waals surface area contributed by atoms with Crippen molar-refractivity contribution in [3.63, 3.8) is 0 Å². The molecule has 0 unspecified atom stereocenters. The Kier molecular flexibility index (Phi) is 8.23. The van der Waals surface area contributed by atoms with Crippen LogP contribution in [0.5, 0.6) is 0 Å². The smallest absolute Gasteiger partial charge is 0.389 e. The van der Waals surface area contributed by atoms with Crippen molar-refractivity contribution in [2.45, 2.75) is 58.2 Å². The number of amides is 2. The van der Waals surface area contributed by atoms with E-state index in [1.807, 2.05) is 45.0 Å². The number of alkyl halides is 3. The van der Waals surface area contributed by atoms with E-state index in [1.165, 1.54) is 7.05 Å². The molecule has 1 fully saturated rings. The average Bonchev–Trinajstić information content (AvgIpc) is 3.62. The fourth-order valence-electron chi connectivity index (χ4n) is 5.35. The van der Waals surface area contributed by atoms with Crippen molar-refractivity contribution in [2.75, 3.05) is 25.0 Å². The van der Waals surface area contributed by atoms with E-state index in [9.17, 15) is 22.8 Å². The van der Waals surface area contributed by atoms with Gasteiger partial charge in [0.05, 0.1) is 16.6 Å². The number of rotatable bonds is 7. The molecular formula is C33H35F3N4O3. The molecule has 2 amide bonds. The second kappa shape index (κ2) is 11.7. The zero-order valence-corrected chi connectivity index (χ0v) is 24.7. The first kappa shape index (κ1) is 30.1. The van der Waals surface area contributed by atoms with E-state index in [4.69, 9.17) is 4.42 Å². The maximum Gasteiger partial charge on any atom is 0.389 e. The molecule has 1 aliphatic rings. The molecule has 2 N–H and O–H groups in total. The summed E-state index contributed by atoms with van der Waals surface area (Å²) in [5, 5.41) is 5.93. The minimum absolute atomic E-state index is 0.0692. The summed E-state index contributed by atoms with van der Waals surface area (Å²) >= 11 is 0. The van der Waals surface area contributed by atoms with Gasteiger partial charge < -0.3 is 20.0 Å². The van der Waals surface area contributed by atoms with Crippen LogP contribution in [-0.4, -0.2) is 48.7 Å². The lowest BCUT2D eigenvalue weighted by Gasteiger charge is -2.20. The number of carbonyl (C=O) groups is 2. The van der Waals surface area contributed by atoms with E-state index in [1.54, 1.807) is 30.3 Å². The predicted molar refractivity (Wildman–Crippen MR) is 161 cm³/mol. The Hall–Kier alpha value is -4.34. The van der Waals surface area contributed by atoms with Crippen molar-refractivity contribution in [1.82, 2.24) is 15.6 Å². The summed E-state index contributed by atoms with van der Waals surface area (Å²) in [5.41, 5.74) is 2.97. The maximum atomic E-state index is 13.3. The topological polar surface area (TPSA) is 87.5 Å². The minimum Gasteiger partial charge on any atom is -0.437 e. The Balaban J connectivity index is 1.65. The first-order valence-electron chi connectivity index (χ1n) is 14.4. The summed E-state index contributed by atoms with van der Waals surface area (Å²) in [7, 11) is 1.50. The summed E-state index contributed by atoms with van der Waals surface area (Å²) in [5.74, 6) is -0.437. The van der Waals surface area contributed by atoms with Crippen LogP contribution in [0.3, 0.4) is 0 Å². The van der Waals surface area contributed by atoms with Gasteiger partial charge in [0.2, 0.25) is 5.71 Å². The number of pyridine rings is 1. The molecule has 2 aromatic carbocycles. The Morgan fingerprint density at radius 2 is 1.65 bits per heavy atom. The standard InChI is InChI=1S/C33H35F3N4O3/c1-32(2,3)39-29(41)22-9-7-8-21(18-22)24-19-25-27(30(42)37-4)28(43-31(25)38-26(24)14-15-33(34,35)36)20-10-12-23(13-11-20)40-16-5-6-17-40/h7-13,18-19H,5-6,14-17H2,1-4H3,(H,37,42)(H,39,41). The predicted octanol–water partition coefficient (Wildman–Crippen LogP) is 7.14. The van der Waals surface area contributed by atoms with Crippen LogP contribution < -0.4 is 15.5 Å². The highest BCUT2D eigenvalue weighted by Gasteiger charge is 2.29. The van der Waals surface area contributed by atoms with Crippen LogP contribution >= 0.6 is 0 Å². The van der Waals surface area contributed by atoms with Crippen molar-refractivity contribution >= 4 is 28.6 Å². The van der Waals surface area contributed by atoms with Crippen molar-refractivity contribution in [1.29, 1.82) is 0 Å². The molecule has 0 aliphatic carbocycles. The van der Waals surface area contributed by atoms with Crippen molar-refractivity contribution in [2.24, 2.45) is 0 Å². The van der Waals surface area contributed by atoms with E-state index < -0.39 is 30.5 Å². The van der Waals surface area contributed by atoms with Gasteiger partial charge in [-0.15, -0.1) is 0 Å². The highest BCUT2D eigenvalue weighted by atomic mass is 19.4. The number of carbonyl (C=O) groups excluding carboxylic acids is 2. The third-order valence-electron chi connectivity index (χ3n) is 7.39. The Morgan fingerprint density at radius 3 is 2.28 bits per heavy atom. The van der Waals surface area contributed by atoms with Crippen LogP contribution in [0.1, 0.15) is 66.4 Å². The summed E-state index contributed by atoms with van der Waals surface area (Å²) in [4.78, 5) is 32.9. The number of benzene rings is 2. The number of nitrogens with one attached hydrogen (secondary N) is 2. The van der Waals surface area contributed by atoms with Crippen LogP contribution in [0.15, 0.2) is 59.0 Å². The van der Waals surface area contributed by atoms with Gasteiger partial charge in [0.1, 0.15) is 5.76 Å². The van der Waals surface area contributed by atoms with Crippen LogP contribution in [-0.2, 0) is 6.42 Å². The van der Waals surface area contributed by atoms with E-state index in [2.05, 4.69) is 20.5 Å². The van der Waals surface area contributed by atoms with E-state index in [0.29, 0.717) is 27.6 Å². The molecule has 7 nitrogen and oxygen atoms in total. The fraction of sp³-hybridized carbons (Fsp3) is 0.364. The third-order valence-corrected chi connectivity index (χ3v) is 7.39. The fourth-order valence-corrected chi connectivity index (χ4v) is 5.35. The summed E-state index contributed by atoms with van der Waals surface area (Å²) in [6.07, 6.45) is -3.61. The first-order chi connectivity index (χ1) is 20.3. The van der Waals surface area contributed by atoms with Crippen LogP contribution in [0, 0.1) is 0 Å². The highest BCUT2D eigenvalue weighted by molar-refractivity contribution is 6.11. The van der Waals surface area contributed by atoms with Gasteiger partial charge in [-0.2, -0.15) is 13.2 Å². The lowest BCUT2D eigenvalue weighted by molar-refractivity contribution is -0.134. The number of halogens is 3. The van der Waals surface area contributed by atoms with Crippen LogP contribution in [0.2, 0.25) is 0 Å². The molecule has 1 saturated heterocycles. The molecule has 3 heterocycles. The molecule has 0 saturated carbocycles. The number of furan rings is 1. The minimum atomic E-state index is -4.40. The number of hydrogen-bond donors (Lipinski definition) is 2. The second-order valence-corrected chi connectivity index (χ2v) is 11.9. The zero-order valence-electron chi connectivity index (χ0n) is 24.7. The molecule has 43 heavy (non-hydrogen) atoms. The van der Waals surface area contributed by atoms with Gasteiger partial charge in [-0.25, -0.2) is 4.98 Å². The SMILES string of the molecule is CNC(=O)c1c(-c2ccc(N3CCCC3)cc2)oc2nc(CCC(F)(F)F)c(-c3cccc(C(=O)NC(C)(C)C)c3)cc12. The molecule has 0 bridgehead atoms. The van der Waals surface area contributed by atoms with E-state index >= 15 is 0 Å². The molecule has 10 heteroatoms. The molecule has 0 radical (unpaired) electrons. The largest absolute Gasteiger partial charge is 0.437 e. The van der Waals surface area contributed by atoms with Crippen molar-refractivity contribution < 1.29 is 27.2 Å². The van der Waals surface area contributed by atoms with Crippen LogP contribution in [0.25, 0.3) is 33.6 Å². The van der Waals surface area contributed by atoms with E-state index in [0.717, 1.165) is 31.6 Å². The van der Waals surface area contributed by atoms with Crippen LogP contribution in [0.4, 0.5) is 18.9 Å². The Bertz CT molecular complexity index is 1650. The van der Waals surface area contributed by atoms with Gasteiger partial charge in [0.25, 0.3) is 11.8 Å². The van der Waals surface area contributed by atoms with Gasteiger partial charge in [-0.05, 0) is 88.1 Å². The normalized spacial score (nSPS) is 13.9. The van der Waals surface area contributed by atoms with Gasteiger partial charge in [0.15, 0.2) is 0 Å². The zero-order chi connectivity index (χ0) is 30.9. The number of aromatic nitrogens is 1. The maximum absolute atomic E-state index is 13.3. The molecule has 0 spiro atoms. The summed E-state index contributed by atoms with van der Waals surface area (Å²) in [6, 6.07) is 16.0. The van der Waals surface area contributed by atoms with Gasteiger partial charge >= 0.3 is 6.18 Å². The lowest BCUT2D eigenvalue weighted by atomic mass is 9.96. The summed E-state index contributed by atoms with van der Waals surface area (Å²) < 4.78 is 46.1. The van der Waals surface area contributed by atoms with Crippen molar-refractivity contribution in [3.8, 4) is 22.5 Å². The number of anilines is 1. The molecule has 1 aliphatic heterocycles. The number of hydrogen-bond acceptors (Lipinski definition) is 5. The molecular weight excluding hydrogens is 557 g/mol. The molecule has 5 rings (SSSR count). The monoisotopic (exact) mass is 592 g/mol. The van der Waals surface area contributed by atoms with E-state index in [-0.39, 0.29) is 28.6 Å². The highest BCUT2D eigenvalue weighted by Crippen LogP contribution is 2.38. The second-order valence-electron chi connectivity index (χ2n) is 11.9. The Morgan fingerprint density at radius 1 is 0.953 bits per heavy atom. The number of nitrogens with zero attached hydrogens (tertiary/aromatic N) is 2. The number of aryl methyl sites for hydroxylation is 1. The lowest BCUT2D eigenvalue weighted by Crippen LogP contribution is -2.40. The first-order valence-corrected chi connectivity index (χ1v) is 14.4. The van der Waals surface area contributed by atoms with Gasteiger partial charge in [0, 0.05) is 54.5 Å². The quantitative estimate of drug-likeness (QED) is 0.238. The molecule has 4 aromatic rings. The van der Waals surface area contributed by atoms with Crippen molar-refractivity contribution in [3.05, 3.63) is 71.4 Å². The average molecular weight is 593 g/mol. The van der Waals surface area contributed by atoms with Gasteiger partial charge in [-0.1, -0.05) is 12.1 Å². The molecule has 226 valence electrons. The number of fused-ring (bicyclic) bond motifs is 1. The third kappa shape index (κ3) is 6.84. The molecule has 2 aromatic heterocycles. The summed E-state index contributed by atoms with van der Waals surface area (Å²) in [6.45, 7) is 7.55.